The summed E-state index contributed by atoms with van der Waals surface area (Å²) in [5.74, 6) is 0.203. The van der Waals surface area contributed by atoms with Crippen LogP contribution in [0.25, 0.3) is 0 Å². The molecule has 0 fully saturated rings. The molecule has 0 aromatic heterocycles. The molecular formula is C16H18O2. The number of aromatic hydroxyl groups is 1. The number of rotatable bonds is 2. The molecule has 94 valence electrons. The van der Waals surface area contributed by atoms with Crippen LogP contribution in [0.5, 0.6) is 5.75 Å². The van der Waals surface area contributed by atoms with Crippen LogP contribution in [0.15, 0.2) is 42.5 Å². The second kappa shape index (κ2) is 4.46. The van der Waals surface area contributed by atoms with Gasteiger partial charge >= 0.3 is 0 Å². The van der Waals surface area contributed by atoms with Gasteiger partial charge in [0, 0.05) is 0 Å². The van der Waals surface area contributed by atoms with Crippen LogP contribution in [0.1, 0.15) is 29.2 Å². The number of aryl methyl sites for hydroxylation is 2. The van der Waals surface area contributed by atoms with Crippen molar-refractivity contribution in [3.8, 4) is 5.75 Å². The third kappa shape index (κ3) is 2.24. The van der Waals surface area contributed by atoms with Crippen LogP contribution >= 0.6 is 0 Å². The molecule has 2 aromatic rings. The molecule has 18 heavy (non-hydrogen) atoms. The van der Waals surface area contributed by atoms with Crippen LogP contribution in [0.2, 0.25) is 0 Å². The first kappa shape index (κ1) is 12.7. The summed E-state index contributed by atoms with van der Waals surface area (Å²) in [5, 5.41) is 20.0. The maximum atomic E-state index is 10.7. The molecule has 1 atom stereocenters. The standard InChI is InChI=1S/C16H18O2/c1-11-4-5-14(10-12(11)2)16(3,18)13-6-8-15(17)9-7-13/h4-10,17-18H,1-3H3. The van der Waals surface area contributed by atoms with Gasteiger partial charge in [-0.2, -0.15) is 0 Å². The van der Waals surface area contributed by atoms with Crippen molar-refractivity contribution in [3.05, 3.63) is 64.7 Å². The van der Waals surface area contributed by atoms with E-state index in [2.05, 4.69) is 0 Å². The monoisotopic (exact) mass is 242 g/mol. The van der Waals surface area contributed by atoms with Crippen molar-refractivity contribution in [2.24, 2.45) is 0 Å². The minimum absolute atomic E-state index is 0.203. The van der Waals surface area contributed by atoms with E-state index in [4.69, 9.17) is 0 Å². The molecule has 0 radical (unpaired) electrons. The molecule has 0 aliphatic rings. The van der Waals surface area contributed by atoms with E-state index >= 15 is 0 Å². The Balaban J connectivity index is 2.46. The Morgan fingerprint density at radius 2 is 1.39 bits per heavy atom. The van der Waals surface area contributed by atoms with Gasteiger partial charge in [0.25, 0.3) is 0 Å². The van der Waals surface area contributed by atoms with Crippen molar-refractivity contribution < 1.29 is 10.2 Å². The lowest BCUT2D eigenvalue weighted by molar-refractivity contribution is 0.102. The molecular weight excluding hydrogens is 224 g/mol. The Morgan fingerprint density at radius 3 is 1.94 bits per heavy atom. The molecule has 0 aliphatic carbocycles. The van der Waals surface area contributed by atoms with E-state index in [1.165, 1.54) is 5.56 Å². The molecule has 2 nitrogen and oxygen atoms in total. The number of aliphatic hydroxyl groups is 1. The van der Waals surface area contributed by atoms with Gasteiger partial charge in [0.05, 0.1) is 0 Å². The molecule has 1 unspecified atom stereocenters. The third-order valence-electron chi connectivity index (χ3n) is 3.50. The van der Waals surface area contributed by atoms with E-state index in [1.54, 1.807) is 31.2 Å². The second-order valence-electron chi connectivity index (χ2n) is 4.92. The maximum absolute atomic E-state index is 10.7. The molecule has 2 rings (SSSR count). The average Bonchev–Trinajstić information content (AvgIpc) is 2.33. The molecule has 2 aromatic carbocycles. The zero-order valence-electron chi connectivity index (χ0n) is 10.9. The number of phenolic OH excluding ortho intramolecular Hbond substituents is 1. The van der Waals surface area contributed by atoms with Crippen LogP contribution in [-0.2, 0) is 5.60 Å². The van der Waals surface area contributed by atoms with E-state index in [-0.39, 0.29) is 5.75 Å². The van der Waals surface area contributed by atoms with Gasteiger partial charge in [0.2, 0.25) is 0 Å². The van der Waals surface area contributed by atoms with Crippen molar-refractivity contribution in [1.29, 1.82) is 0 Å². The molecule has 2 N–H and O–H groups in total. The number of hydrogen-bond acceptors (Lipinski definition) is 2. The quantitative estimate of drug-likeness (QED) is 0.848. The van der Waals surface area contributed by atoms with Gasteiger partial charge in [-0.15, -0.1) is 0 Å². The van der Waals surface area contributed by atoms with Crippen LogP contribution in [-0.4, -0.2) is 10.2 Å². The first-order chi connectivity index (χ1) is 8.41. The van der Waals surface area contributed by atoms with Crippen molar-refractivity contribution in [3.63, 3.8) is 0 Å². The van der Waals surface area contributed by atoms with Crippen molar-refractivity contribution in [2.75, 3.05) is 0 Å². The van der Waals surface area contributed by atoms with E-state index < -0.39 is 5.60 Å². The molecule has 0 bridgehead atoms. The van der Waals surface area contributed by atoms with Gasteiger partial charge in [-0.25, -0.2) is 0 Å². The highest BCUT2D eigenvalue weighted by Gasteiger charge is 2.25. The van der Waals surface area contributed by atoms with Crippen molar-refractivity contribution in [2.45, 2.75) is 26.4 Å². The summed E-state index contributed by atoms with van der Waals surface area (Å²) in [5.41, 5.74) is 2.94. The first-order valence-corrected chi connectivity index (χ1v) is 6.01. The summed E-state index contributed by atoms with van der Waals surface area (Å²) in [6.45, 7) is 5.85. The minimum atomic E-state index is -1.05. The topological polar surface area (TPSA) is 40.5 Å². The lowest BCUT2D eigenvalue weighted by Gasteiger charge is -2.25. The Morgan fingerprint density at radius 1 is 0.833 bits per heavy atom. The van der Waals surface area contributed by atoms with E-state index in [0.29, 0.717) is 0 Å². The van der Waals surface area contributed by atoms with Crippen molar-refractivity contribution >= 4 is 0 Å². The minimum Gasteiger partial charge on any atom is -0.508 e. The van der Waals surface area contributed by atoms with E-state index in [9.17, 15) is 10.2 Å². The molecule has 0 saturated carbocycles. The summed E-state index contributed by atoms with van der Waals surface area (Å²) in [6, 6.07) is 12.6. The largest absolute Gasteiger partial charge is 0.508 e. The van der Waals surface area contributed by atoms with Gasteiger partial charge in [-0.1, -0.05) is 30.3 Å². The van der Waals surface area contributed by atoms with Gasteiger partial charge in [-0.05, 0) is 55.2 Å². The molecule has 0 aliphatic heterocycles. The van der Waals surface area contributed by atoms with Crippen molar-refractivity contribution in [1.82, 2.24) is 0 Å². The predicted molar refractivity (Wildman–Crippen MR) is 72.7 cm³/mol. The molecule has 0 amide bonds. The number of hydrogen-bond donors (Lipinski definition) is 2. The Hall–Kier alpha value is -1.80. The summed E-state index contributed by atoms with van der Waals surface area (Å²) >= 11 is 0. The second-order valence-corrected chi connectivity index (χ2v) is 4.92. The molecule has 0 heterocycles. The summed E-state index contributed by atoms with van der Waals surface area (Å²) in [4.78, 5) is 0. The van der Waals surface area contributed by atoms with Crippen LogP contribution < -0.4 is 0 Å². The number of benzene rings is 2. The molecule has 0 spiro atoms. The van der Waals surface area contributed by atoms with Crippen LogP contribution in [0.4, 0.5) is 0 Å². The lowest BCUT2D eigenvalue weighted by Crippen LogP contribution is -2.22. The molecule has 0 saturated heterocycles. The van der Waals surface area contributed by atoms with Crippen LogP contribution in [0.3, 0.4) is 0 Å². The van der Waals surface area contributed by atoms with Gasteiger partial charge in [-0.3, -0.25) is 0 Å². The van der Waals surface area contributed by atoms with Gasteiger partial charge in [0.15, 0.2) is 0 Å². The van der Waals surface area contributed by atoms with Crippen LogP contribution in [0, 0.1) is 13.8 Å². The zero-order valence-corrected chi connectivity index (χ0v) is 10.9. The first-order valence-electron chi connectivity index (χ1n) is 6.01. The van der Waals surface area contributed by atoms with E-state index in [0.717, 1.165) is 16.7 Å². The molecule has 2 heteroatoms. The maximum Gasteiger partial charge on any atom is 0.115 e. The Kier molecular flexibility index (Phi) is 3.14. The normalized spacial score (nSPS) is 14.2. The summed E-state index contributed by atoms with van der Waals surface area (Å²) < 4.78 is 0. The fourth-order valence-corrected chi connectivity index (χ4v) is 2.00. The Bertz CT molecular complexity index is 554. The summed E-state index contributed by atoms with van der Waals surface area (Å²) in [7, 11) is 0. The predicted octanol–water partition coefficient (Wildman–Crippen LogP) is 3.26. The van der Waals surface area contributed by atoms with Gasteiger partial charge < -0.3 is 10.2 Å². The highest BCUT2D eigenvalue weighted by molar-refractivity contribution is 5.40. The average molecular weight is 242 g/mol. The van der Waals surface area contributed by atoms with Gasteiger partial charge in [0.1, 0.15) is 11.4 Å². The SMILES string of the molecule is Cc1ccc(C(C)(O)c2ccc(O)cc2)cc1C. The Labute approximate surface area is 108 Å². The smallest absolute Gasteiger partial charge is 0.115 e. The number of phenols is 1. The fourth-order valence-electron chi connectivity index (χ4n) is 2.00. The highest BCUT2D eigenvalue weighted by Crippen LogP contribution is 2.31. The summed E-state index contributed by atoms with van der Waals surface area (Å²) in [6.07, 6.45) is 0. The zero-order chi connectivity index (χ0) is 13.3. The third-order valence-corrected chi connectivity index (χ3v) is 3.50. The highest BCUT2D eigenvalue weighted by atomic mass is 16.3. The fraction of sp³-hybridized carbons (Fsp3) is 0.250. The lowest BCUT2D eigenvalue weighted by atomic mass is 9.87. The van der Waals surface area contributed by atoms with E-state index in [1.807, 2.05) is 32.0 Å².